The fourth-order valence-corrected chi connectivity index (χ4v) is 3.11. The molecule has 0 aliphatic heterocycles. The van der Waals surface area contributed by atoms with Gasteiger partial charge in [-0.1, -0.05) is 71.2 Å². The van der Waals surface area contributed by atoms with E-state index in [1.165, 1.54) is 0 Å². The molecule has 5 nitrogen and oxygen atoms in total. The van der Waals surface area contributed by atoms with Crippen molar-refractivity contribution in [2.75, 3.05) is 5.32 Å². The highest BCUT2D eigenvalue weighted by Crippen LogP contribution is 2.26. The molecular weight excluding hydrogens is 407 g/mol. The van der Waals surface area contributed by atoms with Crippen LogP contribution in [0.4, 0.5) is 5.69 Å². The molecule has 0 saturated heterocycles. The molecule has 0 radical (unpaired) electrons. The van der Waals surface area contributed by atoms with Crippen LogP contribution in [0, 0.1) is 6.92 Å². The Balaban J connectivity index is 1.73. The Morgan fingerprint density at radius 2 is 1.66 bits per heavy atom. The van der Waals surface area contributed by atoms with Crippen LogP contribution in [-0.4, -0.2) is 20.7 Å². The van der Waals surface area contributed by atoms with Gasteiger partial charge in [-0.05, 0) is 37.3 Å². The molecule has 0 atom stereocenters. The first-order chi connectivity index (χ1) is 14.0. The Bertz CT molecular complexity index is 1170. The fraction of sp³-hybridized carbons (Fsp3) is 0.0455. The number of hydrogen-bond donors (Lipinski definition) is 1. The topological polar surface area (TPSA) is 59.8 Å². The van der Waals surface area contributed by atoms with Gasteiger partial charge in [-0.3, -0.25) is 4.79 Å². The lowest BCUT2D eigenvalue weighted by Gasteiger charge is -2.06. The smallest absolute Gasteiger partial charge is 0.295 e. The maximum Gasteiger partial charge on any atom is 0.295 e. The molecule has 144 valence electrons. The molecule has 0 fully saturated rings. The third-order valence-corrected chi connectivity index (χ3v) is 5.04. The maximum atomic E-state index is 12.8. The molecule has 0 saturated carbocycles. The van der Waals surface area contributed by atoms with Gasteiger partial charge >= 0.3 is 0 Å². The van der Waals surface area contributed by atoms with Crippen molar-refractivity contribution in [1.29, 1.82) is 0 Å². The molecule has 29 heavy (non-hydrogen) atoms. The number of aromatic nitrogens is 3. The lowest BCUT2D eigenvalue weighted by Crippen LogP contribution is -2.14. The number of amides is 1. The average molecular weight is 423 g/mol. The van der Waals surface area contributed by atoms with E-state index in [1.807, 2.05) is 61.5 Å². The Labute approximate surface area is 177 Å². The van der Waals surface area contributed by atoms with Crippen LogP contribution in [-0.2, 0) is 0 Å². The van der Waals surface area contributed by atoms with Crippen LogP contribution in [0.3, 0.4) is 0 Å². The SMILES string of the molecule is Cc1ccc(-n2nc(C(=O)Nc3ccc(Cl)c(Cl)c3)nc2-c2ccccc2)cc1. The number of anilines is 1. The molecule has 0 aliphatic carbocycles. The Hall–Kier alpha value is -3.15. The quantitative estimate of drug-likeness (QED) is 0.451. The minimum Gasteiger partial charge on any atom is -0.319 e. The summed E-state index contributed by atoms with van der Waals surface area (Å²) in [5.74, 6) is 0.190. The number of nitrogens with one attached hydrogen (secondary N) is 1. The second-order valence-corrected chi connectivity index (χ2v) is 7.27. The van der Waals surface area contributed by atoms with Gasteiger partial charge in [-0.2, -0.15) is 0 Å². The Morgan fingerprint density at radius 3 is 2.34 bits per heavy atom. The van der Waals surface area contributed by atoms with Crippen molar-refractivity contribution in [3.05, 3.63) is 94.2 Å². The van der Waals surface area contributed by atoms with Gasteiger partial charge < -0.3 is 5.32 Å². The number of aryl methyl sites for hydroxylation is 1. The van der Waals surface area contributed by atoms with Gasteiger partial charge in [0, 0.05) is 11.3 Å². The molecule has 0 aliphatic rings. The van der Waals surface area contributed by atoms with Gasteiger partial charge in [0.1, 0.15) is 0 Å². The number of carbonyl (C=O) groups is 1. The van der Waals surface area contributed by atoms with Crippen LogP contribution in [0.1, 0.15) is 16.2 Å². The molecule has 1 heterocycles. The van der Waals surface area contributed by atoms with Gasteiger partial charge in [0.25, 0.3) is 5.91 Å². The van der Waals surface area contributed by atoms with E-state index in [-0.39, 0.29) is 5.82 Å². The van der Waals surface area contributed by atoms with Gasteiger partial charge in [0.05, 0.1) is 15.7 Å². The van der Waals surface area contributed by atoms with Crippen molar-refractivity contribution >= 4 is 34.8 Å². The summed E-state index contributed by atoms with van der Waals surface area (Å²) in [5, 5.41) is 7.98. The highest BCUT2D eigenvalue weighted by molar-refractivity contribution is 6.42. The van der Waals surface area contributed by atoms with Crippen LogP contribution in [0.25, 0.3) is 17.1 Å². The number of halogens is 2. The minimum atomic E-state index is -0.438. The molecular formula is C22H16Cl2N4O. The Kier molecular flexibility index (Phi) is 5.34. The second-order valence-electron chi connectivity index (χ2n) is 6.46. The molecule has 0 spiro atoms. The number of hydrogen-bond acceptors (Lipinski definition) is 3. The molecule has 4 rings (SSSR count). The molecule has 1 aromatic heterocycles. The molecule has 7 heteroatoms. The van der Waals surface area contributed by atoms with Crippen molar-refractivity contribution < 1.29 is 4.79 Å². The summed E-state index contributed by atoms with van der Waals surface area (Å²) in [4.78, 5) is 17.3. The lowest BCUT2D eigenvalue weighted by atomic mass is 10.2. The first kappa shape index (κ1) is 19.2. The van der Waals surface area contributed by atoms with Crippen LogP contribution in [0.15, 0.2) is 72.8 Å². The highest BCUT2D eigenvalue weighted by Gasteiger charge is 2.19. The molecule has 0 unspecified atom stereocenters. The van der Waals surface area contributed by atoms with E-state index in [0.717, 1.165) is 16.8 Å². The summed E-state index contributed by atoms with van der Waals surface area (Å²) < 4.78 is 1.67. The third kappa shape index (κ3) is 4.16. The van der Waals surface area contributed by atoms with Crippen LogP contribution in [0.5, 0.6) is 0 Å². The van der Waals surface area contributed by atoms with Crippen molar-refractivity contribution in [3.8, 4) is 17.1 Å². The second kappa shape index (κ2) is 8.07. The summed E-state index contributed by atoms with van der Waals surface area (Å²) in [6.07, 6.45) is 0. The summed E-state index contributed by atoms with van der Waals surface area (Å²) in [6, 6.07) is 22.3. The largest absolute Gasteiger partial charge is 0.319 e. The van der Waals surface area contributed by atoms with E-state index >= 15 is 0 Å². The molecule has 1 N–H and O–H groups in total. The van der Waals surface area contributed by atoms with E-state index in [9.17, 15) is 4.79 Å². The van der Waals surface area contributed by atoms with Crippen molar-refractivity contribution in [1.82, 2.24) is 14.8 Å². The third-order valence-electron chi connectivity index (χ3n) is 4.30. The lowest BCUT2D eigenvalue weighted by molar-refractivity contribution is 0.101. The van der Waals surface area contributed by atoms with Crippen molar-refractivity contribution in [2.45, 2.75) is 6.92 Å². The zero-order valence-electron chi connectivity index (χ0n) is 15.4. The molecule has 1 amide bonds. The number of rotatable bonds is 4. The Morgan fingerprint density at radius 1 is 0.931 bits per heavy atom. The predicted molar refractivity (Wildman–Crippen MR) is 116 cm³/mol. The standard InChI is InChI=1S/C22H16Cl2N4O/c1-14-7-10-17(11-8-14)28-21(15-5-3-2-4-6-15)26-20(27-28)22(29)25-16-9-12-18(23)19(24)13-16/h2-13H,1H3,(H,25,29). The van der Waals surface area contributed by atoms with Gasteiger partial charge in [-0.25, -0.2) is 9.67 Å². The van der Waals surface area contributed by atoms with Gasteiger partial charge in [0.15, 0.2) is 5.82 Å². The van der Waals surface area contributed by atoms with Gasteiger partial charge in [-0.15, -0.1) is 5.10 Å². The predicted octanol–water partition coefficient (Wildman–Crippen LogP) is 5.80. The van der Waals surface area contributed by atoms with Crippen molar-refractivity contribution in [2.24, 2.45) is 0 Å². The highest BCUT2D eigenvalue weighted by atomic mass is 35.5. The van der Waals surface area contributed by atoms with Crippen LogP contribution >= 0.6 is 23.2 Å². The van der Waals surface area contributed by atoms with E-state index in [0.29, 0.717) is 21.6 Å². The zero-order valence-corrected chi connectivity index (χ0v) is 16.9. The maximum absolute atomic E-state index is 12.8. The first-order valence-corrected chi connectivity index (χ1v) is 9.63. The number of nitrogens with zero attached hydrogens (tertiary/aromatic N) is 3. The summed E-state index contributed by atoms with van der Waals surface area (Å²) in [7, 11) is 0. The zero-order chi connectivity index (χ0) is 20.4. The summed E-state index contributed by atoms with van der Waals surface area (Å²) in [6.45, 7) is 2.01. The average Bonchev–Trinajstić information content (AvgIpc) is 3.18. The summed E-state index contributed by atoms with van der Waals surface area (Å²) in [5.41, 5.74) is 3.31. The van der Waals surface area contributed by atoms with E-state index in [1.54, 1.807) is 22.9 Å². The van der Waals surface area contributed by atoms with E-state index in [2.05, 4.69) is 15.4 Å². The van der Waals surface area contributed by atoms with E-state index in [4.69, 9.17) is 23.2 Å². The number of benzene rings is 3. The minimum absolute atomic E-state index is 0.0514. The van der Waals surface area contributed by atoms with E-state index < -0.39 is 5.91 Å². The first-order valence-electron chi connectivity index (χ1n) is 8.87. The summed E-state index contributed by atoms with van der Waals surface area (Å²) >= 11 is 12.0. The normalized spacial score (nSPS) is 10.7. The molecule has 3 aromatic carbocycles. The monoisotopic (exact) mass is 422 g/mol. The molecule has 4 aromatic rings. The molecule has 0 bridgehead atoms. The fourth-order valence-electron chi connectivity index (χ4n) is 2.81. The van der Waals surface area contributed by atoms with Crippen LogP contribution < -0.4 is 5.32 Å². The van der Waals surface area contributed by atoms with Crippen molar-refractivity contribution in [3.63, 3.8) is 0 Å². The number of carbonyl (C=O) groups excluding carboxylic acids is 1. The van der Waals surface area contributed by atoms with Crippen LogP contribution in [0.2, 0.25) is 10.0 Å². The van der Waals surface area contributed by atoms with Gasteiger partial charge in [0.2, 0.25) is 5.82 Å².